The molecule has 0 aliphatic heterocycles. The second-order valence-electron chi connectivity index (χ2n) is 5.08. The van der Waals surface area contributed by atoms with Crippen molar-refractivity contribution in [2.45, 2.75) is 51.5 Å². The molecule has 0 saturated carbocycles. The molecule has 104 valence electrons. The number of aryl methyl sites for hydroxylation is 1. The van der Waals surface area contributed by atoms with Gasteiger partial charge in [-0.15, -0.1) is 0 Å². The van der Waals surface area contributed by atoms with E-state index in [4.69, 9.17) is 10.3 Å². The number of likely N-dealkylation sites (N-methyl/N-ethyl adjacent to an activating group) is 1. The van der Waals surface area contributed by atoms with Crippen molar-refractivity contribution >= 4 is 0 Å². The van der Waals surface area contributed by atoms with Gasteiger partial charge < -0.3 is 15.2 Å². The monoisotopic (exact) mass is 254 g/mol. The minimum Gasteiger partial charge on any atom is -0.339 e. The van der Waals surface area contributed by atoms with E-state index >= 15 is 0 Å². The summed E-state index contributed by atoms with van der Waals surface area (Å²) >= 11 is 0. The van der Waals surface area contributed by atoms with E-state index in [2.05, 4.69) is 17.1 Å². The van der Waals surface area contributed by atoms with Crippen molar-refractivity contribution in [3.8, 4) is 0 Å². The summed E-state index contributed by atoms with van der Waals surface area (Å²) in [6.07, 6.45) is 7.08. The second kappa shape index (κ2) is 8.21. The summed E-state index contributed by atoms with van der Waals surface area (Å²) in [5.74, 6) is 1.34. The Labute approximate surface area is 110 Å². The van der Waals surface area contributed by atoms with Crippen LogP contribution in [0.5, 0.6) is 0 Å². The van der Waals surface area contributed by atoms with Crippen LogP contribution in [0.25, 0.3) is 0 Å². The van der Waals surface area contributed by atoms with Gasteiger partial charge in [-0.25, -0.2) is 0 Å². The van der Waals surface area contributed by atoms with Crippen LogP contribution in [0, 0.1) is 0 Å². The van der Waals surface area contributed by atoms with E-state index in [1.165, 1.54) is 25.7 Å². The molecular weight excluding hydrogens is 228 g/mol. The molecule has 2 N–H and O–H groups in total. The summed E-state index contributed by atoms with van der Waals surface area (Å²) in [5.41, 5.74) is 5.98. The van der Waals surface area contributed by atoms with E-state index in [0.717, 1.165) is 25.3 Å². The number of rotatable bonds is 9. The summed E-state index contributed by atoms with van der Waals surface area (Å²) in [7, 11) is 3.96. The predicted molar refractivity (Wildman–Crippen MR) is 72.2 cm³/mol. The van der Waals surface area contributed by atoms with E-state index in [1.54, 1.807) is 0 Å². The fraction of sp³-hybridized carbons (Fsp3) is 0.846. The molecule has 0 aliphatic carbocycles. The van der Waals surface area contributed by atoms with Gasteiger partial charge in [-0.1, -0.05) is 37.8 Å². The topological polar surface area (TPSA) is 68.2 Å². The van der Waals surface area contributed by atoms with Crippen LogP contribution in [0.1, 0.15) is 56.8 Å². The van der Waals surface area contributed by atoms with Gasteiger partial charge in [-0.3, -0.25) is 0 Å². The number of aromatic nitrogens is 2. The molecule has 5 heteroatoms. The molecule has 1 heterocycles. The predicted octanol–water partition coefficient (Wildman–Crippen LogP) is 2.14. The van der Waals surface area contributed by atoms with E-state index in [9.17, 15) is 0 Å². The number of hydrogen-bond donors (Lipinski definition) is 1. The van der Waals surface area contributed by atoms with Gasteiger partial charge in [0, 0.05) is 13.0 Å². The van der Waals surface area contributed by atoms with Crippen molar-refractivity contribution in [1.82, 2.24) is 15.0 Å². The number of unbranched alkanes of at least 4 members (excludes halogenated alkanes) is 4. The molecule has 0 spiro atoms. The largest absolute Gasteiger partial charge is 0.339 e. The van der Waals surface area contributed by atoms with Crippen LogP contribution in [-0.2, 0) is 6.42 Å². The van der Waals surface area contributed by atoms with Gasteiger partial charge in [-0.05, 0) is 20.5 Å². The molecule has 0 amide bonds. The summed E-state index contributed by atoms with van der Waals surface area (Å²) in [4.78, 5) is 6.37. The number of nitrogens with zero attached hydrogens (tertiary/aromatic N) is 3. The maximum atomic E-state index is 5.98. The standard InChI is InChI=1S/C13H26N4O/c1-4-5-6-7-8-9-12-15-13(16-18-12)11(14)10-17(2)3/h11H,4-10,14H2,1-3H3. The average Bonchev–Trinajstić information content (AvgIpc) is 2.77. The number of nitrogens with two attached hydrogens (primary N) is 1. The lowest BCUT2D eigenvalue weighted by Gasteiger charge is -2.12. The molecule has 1 aromatic rings. The Morgan fingerprint density at radius 3 is 2.61 bits per heavy atom. The molecule has 5 nitrogen and oxygen atoms in total. The third kappa shape index (κ3) is 5.60. The third-order valence-corrected chi connectivity index (χ3v) is 2.87. The molecule has 1 rings (SSSR count). The summed E-state index contributed by atoms with van der Waals surface area (Å²) in [6, 6.07) is -0.169. The summed E-state index contributed by atoms with van der Waals surface area (Å²) < 4.78 is 5.21. The van der Waals surface area contributed by atoms with Gasteiger partial charge in [0.1, 0.15) is 0 Å². The fourth-order valence-corrected chi connectivity index (χ4v) is 1.88. The molecule has 1 aromatic heterocycles. The highest BCUT2D eigenvalue weighted by atomic mass is 16.5. The van der Waals surface area contributed by atoms with Crippen molar-refractivity contribution in [2.75, 3.05) is 20.6 Å². The van der Waals surface area contributed by atoms with Gasteiger partial charge >= 0.3 is 0 Å². The molecule has 1 unspecified atom stereocenters. The first-order valence-corrected chi connectivity index (χ1v) is 6.86. The van der Waals surface area contributed by atoms with Crippen LogP contribution >= 0.6 is 0 Å². The highest BCUT2D eigenvalue weighted by molar-refractivity contribution is 4.93. The van der Waals surface area contributed by atoms with Crippen LogP contribution in [0.3, 0.4) is 0 Å². The first-order valence-electron chi connectivity index (χ1n) is 6.86. The maximum absolute atomic E-state index is 5.98. The van der Waals surface area contributed by atoms with Crippen LogP contribution in [-0.4, -0.2) is 35.7 Å². The molecule has 0 saturated heterocycles. The lowest BCUT2D eigenvalue weighted by molar-refractivity contribution is 0.345. The zero-order valence-corrected chi connectivity index (χ0v) is 11.9. The molecular formula is C13H26N4O. The van der Waals surface area contributed by atoms with E-state index in [0.29, 0.717) is 5.82 Å². The van der Waals surface area contributed by atoms with Crippen LogP contribution in [0.2, 0.25) is 0 Å². The molecule has 0 aromatic carbocycles. The fourth-order valence-electron chi connectivity index (χ4n) is 1.88. The van der Waals surface area contributed by atoms with E-state index in [1.807, 2.05) is 19.0 Å². The van der Waals surface area contributed by atoms with Gasteiger partial charge in [0.15, 0.2) is 5.82 Å². The molecule has 0 radical (unpaired) electrons. The van der Waals surface area contributed by atoms with Gasteiger partial charge in [-0.2, -0.15) is 4.98 Å². The maximum Gasteiger partial charge on any atom is 0.226 e. The van der Waals surface area contributed by atoms with Crippen molar-refractivity contribution in [3.63, 3.8) is 0 Å². The first-order chi connectivity index (χ1) is 8.63. The van der Waals surface area contributed by atoms with Crippen molar-refractivity contribution < 1.29 is 4.52 Å². The Morgan fingerprint density at radius 2 is 1.94 bits per heavy atom. The van der Waals surface area contributed by atoms with Crippen LogP contribution in [0.15, 0.2) is 4.52 Å². The van der Waals surface area contributed by atoms with Gasteiger partial charge in [0.25, 0.3) is 0 Å². The van der Waals surface area contributed by atoms with Gasteiger partial charge in [0.05, 0.1) is 6.04 Å². The normalized spacial score (nSPS) is 13.2. The minimum absolute atomic E-state index is 0.169. The Kier molecular flexibility index (Phi) is 6.90. The Hall–Kier alpha value is -0.940. The van der Waals surface area contributed by atoms with Crippen molar-refractivity contribution in [1.29, 1.82) is 0 Å². The third-order valence-electron chi connectivity index (χ3n) is 2.87. The summed E-state index contributed by atoms with van der Waals surface area (Å²) in [5, 5.41) is 3.95. The van der Waals surface area contributed by atoms with Crippen molar-refractivity contribution in [3.05, 3.63) is 11.7 Å². The van der Waals surface area contributed by atoms with Crippen molar-refractivity contribution in [2.24, 2.45) is 5.73 Å². The lowest BCUT2D eigenvalue weighted by Crippen LogP contribution is -2.26. The van der Waals surface area contributed by atoms with E-state index < -0.39 is 0 Å². The highest BCUT2D eigenvalue weighted by Crippen LogP contribution is 2.10. The number of hydrogen-bond acceptors (Lipinski definition) is 5. The van der Waals surface area contributed by atoms with Crippen LogP contribution < -0.4 is 5.73 Å². The second-order valence-corrected chi connectivity index (χ2v) is 5.08. The molecule has 1 atom stereocenters. The average molecular weight is 254 g/mol. The Balaban J connectivity index is 2.29. The van der Waals surface area contributed by atoms with Crippen LogP contribution in [0.4, 0.5) is 0 Å². The van der Waals surface area contributed by atoms with E-state index in [-0.39, 0.29) is 6.04 Å². The molecule has 0 aliphatic rings. The quantitative estimate of drug-likeness (QED) is 0.684. The highest BCUT2D eigenvalue weighted by Gasteiger charge is 2.14. The molecule has 0 fully saturated rings. The zero-order chi connectivity index (χ0) is 13.4. The zero-order valence-electron chi connectivity index (χ0n) is 11.9. The minimum atomic E-state index is -0.169. The smallest absolute Gasteiger partial charge is 0.226 e. The first kappa shape index (κ1) is 15.1. The molecule has 18 heavy (non-hydrogen) atoms. The van der Waals surface area contributed by atoms with Gasteiger partial charge in [0.2, 0.25) is 5.89 Å². The Morgan fingerprint density at radius 1 is 1.22 bits per heavy atom. The Bertz CT molecular complexity index is 325. The summed E-state index contributed by atoms with van der Waals surface area (Å²) in [6.45, 7) is 2.95. The lowest BCUT2D eigenvalue weighted by atomic mass is 10.1. The SMILES string of the molecule is CCCCCCCc1nc(C(N)CN(C)C)no1. The molecule has 0 bridgehead atoms.